The standard InChI is InChI=1S/C18H15N5OS2/c24-16(12-23-21-18(20-22-23)15-9-5-11-26-15)19-17(14-8-4-10-25-14)13-6-2-1-3-7-13/h1-11,17H,12H2,(H,19,24)/t17-/m1/s1. The van der Waals surface area contributed by atoms with Crippen molar-refractivity contribution in [1.29, 1.82) is 0 Å². The van der Waals surface area contributed by atoms with Gasteiger partial charge in [-0.3, -0.25) is 4.79 Å². The first-order valence-corrected chi connectivity index (χ1v) is 9.75. The number of rotatable bonds is 6. The summed E-state index contributed by atoms with van der Waals surface area (Å²) in [7, 11) is 0. The molecule has 0 fully saturated rings. The van der Waals surface area contributed by atoms with E-state index in [4.69, 9.17) is 0 Å². The average molecular weight is 381 g/mol. The molecule has 0 aliphatic rings. The van der Waals surface area contributed by atoms with Crippen molar-refractivity contribution in [3.8, 4) is 10.7 Å². The summed E-state index contributed by atoms with van der Waals surface area (Å²) in [6.45, 7) is 0.0209. The van der Waals surface area contributed by atoms with Gasteiger partial charge in [0.05, 0.1) is 10.9 Å². The lowest BCUT2D eigenvalue weighted by Crippen LogP contribution is -2.32. The fraction of sp³-hybridized carbons (Fsp3) is 0.111. The molecule has 0 saturated heterocycles. The van der Waals surface area contributed by atoms with Crippen LogP contribution < -0.4 is 5.32 Å². The van der Waals surface area contributed by atoms with Crippen LogP contribution in [0.3, 0.4) is 0 Å². The van der Waals surface area contributed by atoms with E-state index in [2.05, 4.69) is 20.7 Å². The van der Waals surface area contributed by atoms with Gasteiger partial charge in [0.2, 0.25) is 11.7 Å². The second-order valence-corrected chi connectivity index (χ2v) is 7.47. The van der Waals surface area contributed by atoms with Gasteiger partial charge >= 0.3 is 0 Å². The Hall–Kier alpha value is -2.84. The maximum Gasteiger partial charge on any atom is 0.244 e. The Morgan fingerprint density at radius 3 is 2.58 bits per heavy atom. The van der Waals surface area contributed by atoms with Crippen LogP contribution >= 0.6 is 22.7 Å². The molecule has 1 amide bonds. The topological polar surface area (TPSA) is 72.7 Å². The Balaban J connectivity index is 1.49. The van der Waals surface area contributed by atoms with Gasteiger partial charge in [0.1, 0.15) is 6.54 Å². The van der Waals surface area contributed by atoms with Gasteiger partial charge in [-0.1, -0.05) is 42.5 Å². The zero-order valence-corrected chi connectivity index (χ0v) is 15.3. The number of hydrogen-bond acceptors (Lipinski definition) is 6. The first kappa shape index (κ1) is 16.6. The number of benzene rings is 1. The van der Waals surface area contributed by atoms with Crippen LogP contribution in [-0.2, 0) is 11.3 Å². The number of hydrogen-bond donors (Lipinski definition) is 1. The zero-order chi connectivity index (χ0) is 17.8. The predicted molar refractivity (Wildman–Crippen MR) is 102 cm³/mol. The number of carbonyl (C=O) groups is 1. The van der Waals surface area contributed by atoms with Crippen molar-refractivity contribution in [1.82, 2.24) is 25.5 Å². The fourth-order valence-electron chi connectivity index (χ4n) is 2.57. The Labute approximate surface area is 158 Å². The van der Waals surface area contributed by atoms with Gasteiger partial charge in [0.25, 0.3) is 0 Å². The van der Waals surface area contributed by atoms with Crippen LogP contribution in [-0.4, -0.2) is 26.1 Å². The van der Waals surface area contributed by atoms with Gasteiger partial charge in [-0.05, 0) is 33.7 Å². The smallest absolute Gasteiger partial charge is 0.244 e. The van der Waals surface area contributed by atoms with Gasteiger partial charge in [0.15, 0.2) is 0 Å². The molecular weight excluding hydrogens is 366 g/mol. The molecule has 0 radical (unpaired) electrons. The Bertz CT molecular complexity index is 964. The first-order valence-electron chi connectivity index (χ1n) is 7.99. The van der Waals surface area contributed by atoms with Crippen molar-refractivity contribution < 1.29 is 4.79 Å². The molecule has 26 heavy (non-hydrogen) atoms. The highest BCUT2D eigenvalue weighted by Gasteiger charge is 2.18. The highest BCUT2D eigenvalue weighted by atomic mass is 32.1. The number of aromatic nitrogens is 4. The Kier molecular flexibility index (Phi) is 4.85. The van der Waals surface area contributed by atoms with E-state index in [1.165, 1.54) is 16.1 Å². The van der Waals surface area contributed by atoms with Crippen molar-refractivity contribution in [3.63, 3.8) is 0 Å². The third-order valence-corrected chi connectivity index (χ3v) is 5.55. The molecule has 1 N–H and O–H groups in total. The molecule has 1 aromatic carbocycles. The van der Waals surface area contributed by atoms with Crippen LogP contribution in [0.5, 0.6) is 0 Å². The number of amides is 1. The van der Waals surface area contributed by atoms with Crippen molar-refractivity contribution in [2.45, 2.75) is 12.6 Å². The molecule has 3 heterocycles. The lowest BCUT2D eigenvalue weighted by Gasteiger charge is -2.17. The predicted octanol–water partition coefficient (Wildman–Crippen LogP) is 3.37. The molecule has 130 valence electrons. The maximum atomic E-state index is 12.6. The monoisotopic (exact) mass is 381 g/mol. The Morgan fingerprint density at radius 2 is 1.85 bits per heavy atom. The second kappa shape index (κ2) is 7.59. The van der Waals surface area contributed by atoms with Gasteiger partial charge in [-0.25, -0.2) is 0 Å². The van der Waals surface area contributed by atoms with E-state index in [0.717, 1.165) is 15.3 Å². The van der Waals surface area contributed by atoms with Crippen molar-refractivity contribution >= 4 is 28.6 Å². The summed E-state index contributed by atoms with van der Waals surface area (Å²) in [5, 5.41) is 19.3. The number of nitrogens with one attached hydrogen (secondary N) is 1. The van der Waals surface area contributed by atoms with E-state index in [-0.39, 0.29) is 18.5 Å². The summed E-state index contributed by atoms with van der Waals surface area (Å²) >= 11 is 3.15. The average Bonchev–Trinajstić information content (AvgIpc) is 3.41. The van der Waals surface area contributed by atoms with Crippen molar-refractivity contribution in [2.75, 3.05) is 0 Å². The molecule has 0 bridgehead atoms. The number of carbonyl (C=O) groups excluding carboxylic acids is 1. The van der Waals surface area contributed by atoms with E-state index in [0.29, 0.717) is 5.82 Å². The van der Waals surface area contributed by atoms with E-state index < -0.39 is 0 Å². The highest BCUT2D eigenvalue weighted by Crippen LogP contribution is 2.26. The van der Waals surface area contributed by atoms with Crippen LogP contribution in [0, 0.1) is 0 Å². The van der Waals surface area contributed by atoms with Crippen molar-refractivity contribution in [3.05, 3.63) is 75.8 Å². The molecule has 6 nitrogen and oxygen atoms in total. The molecule has 3 aromatic heterocycles. The molecule has 4 aromatic rings. The maximum absolute atomic E-state index is 12.6. The molecule has 0 unspecified atom stereocenters. The molecule has 0 aliphatic carbocycles. The summed E-state index contributed by atoms with van der Waals surface area (Å²) in [6, 6.07) is 17.6. The highest BCUT2D eigenvalue weighted by molar-refractivity contribution is 7.13. The SMILES string of the molecule is O=C(Cn1nnc(-c2cccs2)n1)N[C@H](c1ccccc1)c1cccs1. The molecule has 0 saturated carbocycles. The quantitative estimate of drug-likeness (QED) is 0.556. The lowest BCUT2D eigenvalue weighted by molar-refractivity contribution is -0.122. The zero-order valence-electron chi connectivity index (χ0n) is 13.6. The van der Waals surface area contributed by atoms with Crippen LogP contribution in [0.1, 0.15) is 16.5 Å². The molecule has 1 atom stereocenters. The summed E-state index contributed by atoms with van der Waals surface area (Å²) in [5.74, 6) is 0.369. The lowest BCUT2D eigenvalue weighted by atomic mass is 10.1. The summed E-state index contributed by atoms with van der Waals surface area (Å²) in [6.07, 6.45) is 0. The fourth-order valence-corrected chi connectivity index (χ4v) is 4.02. The van der Waals surface area contributed by atoms with E-state index in [1.807, 2.05) is 65.4 Å². The largest absolute Gasteiger partial charge is 0.343 e. The summed E-state index contributed by atoms with van der Waals surface area (Å²) < 4.78 is 0. The molecule has 8 heteroatoms. The van der Waals surface area contributed by atoms with Crippen LogP contribution in [0.2, 0.25) is 0 Å². The minimum atomic E-state index is -0.191. The number of nitrogens with zero attached hydrogens (tertiary/aromatic N) is 4. The van der Waals surface area contributed by atoms with Gasteiger partial charge in [-0.15, -0.1) is 32.9 Å². The Morgan fingerprint density at radius 1 is 1.04 bits per heavy atom. The van der Waals surface area contributed by atoms with E-state index in [1.54, 1.807) is 11.3 Å². The van der Waals surface area contributed by atoms with Crippen LogP contribution in [0.25, 0.3) is 10.7 Å². The van der Waals surface area contributed by atoms with Gasteiger partial charge in [-0.2, -0.15) is 4.80 Å². The third kappa shape index (κ3) is 3.71. The minimum absolute atomic E-state index is 0.0209. The second-order valence-electron chi connectivity index (χ2n) is 5.55. The van der Waals surface area contributed by atoms with Gasteiger partial charge < -0.3 is 5.32 Å². The third-order valence-electron chi connectivity index (χ3n) is 3.75. The first-order chi connectivity index (χ1) is 12.8. The normalized spacial score (nSPS) is 12.0. The minimum Gasteiger partial charge on any atom is -0.343 e. The molecule has 0 aliphatic heterocycles. The molecular formula is C18H15N5OS2. The van der Waals surface area contributed by atoms with Gasteiger partial charge in [0, 0.05) is 4.88 Å². The molecule has 4 rings (SSSR count). The number of tetrazole rings is 1. The summed E-state index contributed by atoms with van der Waals surface area (Å²) in [5.41, 5.74) is 1.04. The van der Waals surface area contributed by atoms with E-state index in [9.17, 15) is 4.79 Å². The van der Waals surface area contributed by atoms with Crippen LogP contribution in [0.15, 0.2) is 65.4 Å². The van der Waals surface area contributed by atoms with Crippen molar-refractivity contribution in [2.24, 2.45) is 0 Å². The molecule has 0 spiro atoms. The number of thiophene rings is 2. The van der Waals surface area contributed by atoms with Crippen LogP contribution in [0.4, 0.5) is 0 Å². The van der Waals surface area contributed by atoms with E-state index >= 15 is 0 Å². The summed E-state index contributed by atoms with van der Waals surface area (Å²) in [4.78, 5) is 15.9.